The maximum absolute atomic E-state index is 11.8. The van der Waals surface area contributed by atoms with Gasteiger partial charge in [-0.05, 0) is 34.6 Å². The molecule has 16 heavy (non-hydrogen) atoms. The van der Waals surface area contributed by atoms with E-state index in [2.05, 4.69) is 15.9 Å². The number of Topliss-reactive ketones (excluding diaryl/α,β-unsaturated/α-hetero) is 1. The van der Waals surface area contributed by atoms with Crippen LogP contribution in [0.5, 0.6) is 0 Å². The molecule has 5 heteroatoms. The first-order valence-electron chi connectivity index (χ1n) is 5.06. The van der Waals surface area contributed by atoms with Gasteiger partial charge in [-0.1, -0.05) is 15.9 Å². The Morgan fingerprint density at radius 3 is 2.06 bits per heavy atom. The van der Waals surface area contributed by atoms with Crippen molar-refractivity contribution in [1.29, 1.82) is 0 Å². The lowest BCUT2D eigenvalue weighted by atomic mass is 9.88. The van der Waals surface area contributed by atoms with E-state index in [0.29, 0.717) is 0 Å². The smallest absolute Gasteiger partial charge is 0.324 e. The molecule has 0 heterocycles. The van der Waals surface area contributed by atoms with Crippen LogP contribution in [-0.2, 0) is 13.8 Å². The molecule has 0 aromatic heterocycles. The molecule has 0 aliphatic rings. The van der Waals surface area contributed by atoms with Gasteiger partial charge in [0.2, 0.25) is 0 Å². The van der Waals surface area contributed by atoms with Gasteiger partial charge in [0.05, 0.1) is 22.8 Å². The molecule has 0 rings (SSSR count). The average molecular weight is 311 g/mol. The molecule has 0 fully saturated rings. The van der Waals surface area contributed by atoms with Crippen LogP contribution in [0.4, 0.5) is 0 Å². The molecule has 0 aliphatic heterocycles. The van der Waals surface area contributed by atoms with Gasteiger partial charge >= 0.3 is 5.97 Å². The van der Waals surface area contributed by atoms with Crippen molar-refractivity contribution in [2.75, 3.05) is 5.33 Å². The predicted molar refractivity (Wildman–Crippen MR) is 70.6 cm³/mol. The van der Waals surface area contributed by atoms with E-state index in [9.17, 15) is 9.59 Å². The van der Waals surface area contributed by atoms with E-state index in [1.165, 1.54) is 0 Å². The summed E-state index contributed by atoms with van der Waals surface area (Å²) >= 11 is 4.21. The van der Waals surface area contributed by atoms with Crippen molar-refractivity contribution in [3.63, 3.8) is 0 Å². The molecular formula is C11H19BrO3S. The van der Waals surface area contributed by atoms with Crippen molar-refractivity contribution >= 4 is 39.7 Å². The highest BCUT2D eigenvalue weighted by Crippen LogP contribution is 2.30. The molecule has 0 radical (unpaired) electrons. The minimum absolute atomic E-state index is 0.00251. The Bertz CT molecular complexity index is 269. The maximum Gasteiger partial charge on any atom is 0.324 e. The van der Waals surface area contributed by atoms with Crippen molar-refractivity contribution in [2.24, 2.45) is 5.41 Å². The highest BCUT2D eigenvalue weighted by Gasteiger charge is 2.33. The van der Waals surface area contributed by atoms with Crippen LogP contribution >= 0.6 is 28.0 Å². The number of halogens is 1. The summed E-state index contributed by atoms with van der Waals surface area (Å²) in [5.41, 5.74) is -0.761. The molecule has 0 N–H and O–H groups in total. The van der Waals surface area contributed by atoms with Gasteiger partial charge in [-0.3, -0.25) is 9.59 Å². The van der Waals surface area contributed by atoms with Crippen molar-refractivity contribution in [1.82, 2.24) is 0 Å². The number of ketones is 1. The number of carbonyl (C=O) groups is 2. The molecule has 0 unspecified atom stereocenters. The van der Waals surface area contributed by atoms with Crippen LogP contribution in [0.15, 0.2) is 0 Å². The van der Waals surface area contributed by atoms with Gasteiger partial charge in [-0.25, -0.2) is 0 Å². The lowest BCUT2D eigenvalue weighted by Gasteiger charge is -2.23. The molecule has 0 spiro atoms. The van der Waals surface area contributed by atoms with Gasteiger partial charge in [0.1, 0.15) is 5.78 Å². The van der Waals surface area contributed by atoms with Gasteiger partial charge in [0, 0.05) is 11.2 Å². The fourth-order valence-electron chi connectivity index (χ4n) is 0.888. The second kappa shape index (κ2) is 6.05. The number of hydrogen-bond donors (Lipinski definition) is 0. The monoisotopic (exact) mass is 310 g/mol. The Morgan fingerprint density at radius 1 is 1.19 bits per heavy atom. The minimum atomic E-state index is -0.761. The third kappa shape index (κ3) is 6.53. The first-order chi connectivity index (χ1) is 7.08. The lowest BCUT2D eigenvalue weighted by Crippen LogP contribution is -2.29. The molecule has 0 saturated heterocycles. The largest absolute Gasteiger partial charge is 0.390 e. The molecule has 94 valence electrons. The molecule has 0 atom stereocenters. The summed E-state index contributed by atoms with van der Waals surface area (Å²) in [6.45, 7) is 9.32. The van der Waals surface area contributed by atoms with E-state index in [1.807, 2.05) is 20.8 Å². The van der Waals surface area contributed by atoms with Crippen LogP contribution in [0.1, 0.15) is 41.0 Å². The topological polar surface area (TPSA) is 43.4 Å². The Morgan fingerprint density at radius 2 is 1.69 bits per heavy atom. The fourth-order valence-corrected chi connectivity index (χ4v) is 1.64. The summed E-state index contributed by atoms with van der Waals surface area (Å²) in [5, 5.41) is 0.274. The SMILES string of the molecule is CC(C)(C)SOC(=O)C(C)(C)CC(=O)CBr. The summed E-state index contributed by atoms with van der Waals surface area (Å²) in [6.07, 6.45) is 0.196. The summed E-state index contributed by atoms with van der Waals surface area (Å²) in [5.74, 6) is -0.343. The van der Waals surface area contributed by atoms with Crippen LogP contribution in [0, 0.1) is 5.41 Å². The summed E-state index contributed by atoms with van der Waals surface area (Å²) in [6, 6.07) is 0. The van der Waals surface area contributed by atoms with Crippen molar-refractivity contribution in [3.8, 4) is 0 Å². The van der Waals surface area contributed by atoms with E-state index in [0.717, 1.165) is 12.0 Å². The van der Waals surface area contributed by atoms with Gasteiger partial charge in [0.25, 0.3) is 0 Å². The summed E-state index contributed by atoms with van der Waals surface area (Å²) in [4.78, 5) is 23.0. The number of alkyl halides is 1. The van der Waals surface area contributed by atoms with Gasteiger partial charge < -0.3 is 4.18 Å². The normalized spacial score (nSPS) is 12.4. The first-order valence-corrected chi connectivity index (χ1v) is 6.92. The van der Waals surface area contributed by atoms with Gasteiger partial charge in [-0.15, -0.1) is 0 Å². The zero-order chi connectivity index (χ0) is 13.0. The second-order valence-electron chi connectivity index (χ2n) is 5.30. The molecule has 0 amide bonds. The Balaban J connectivity index is 4.30. The highest BCUT2D eigenvalue weighted by molar-refractivity contribution is 9.09. The molecule has 0 aliphatic carbocycles. The third-order valence-corrected chi connectivity index (χ3v) is 3.07. The van der Waals surface area contributed by atoms with E-state index < -0.39 is 5.41 Å². The molecule has 0 bridgehead atoms. The van der Waals surface area contributed by atoms with Crippen LogP contribution in [0.2, 0.25) is 0 Å². The van der Waals surface area contributed by atoms with Crippen molar-refractivity contribution in [2.45, 2.75) is 45.8 Å². The Hall–Kier alpha value is -0.0300. The predicted octanol–water partition coefficient (Wildman–Crippen LogP) is 3.36. The van der Waals surface area contributed by atoms with E-state index in [4.69, 9.17) is 4.18 Å². The van der Waals surface area contributed by atoms with Crippen LogP contribution < -0.4 is 0 Å². The Labute approximate surface area is 110 Å². The first kappa shape index (κ1) is 16.0. The average Bonchev–Trinajstić information content (AvgIpc) is 2.11. The van der Waals surface area contributed by atoms with Crippen LogP contribution in [-0.4, -0.2) is 21.8 Å². The number of hydrogen-bond acceptors (Lipinski definition) is 4. The molecule has 0 aromatic rings. The maximum atomic E-state index is 11.8. The molecule has 0 saturated carbocycles. The van der Waals surface area contributed by atoms with Gasteiger partial charge in [-0.2, -0.15) is 0 Å². The fraction of sp³-hybridized carbons (Fsp3) is 0.818. The zero-order valence-electron chi connectivity index (χ0n) is 10.4. The van der Waals surface area contributed by atoms with Gasteiger partial charge in [0.15, 0.2) is 0 Å². The Kier molecular flexibility index (Phi) is 6.04. The molecule has 3 nitrogen and oxygen atoms in total. The number of carbonyl (C=O) groups excluding carboxylic acids is 2. The zero-order valence-corrected chi connectivity index (χ0v) is 12.8. The van der Waals surface area contributed by atoms with Crippen molar-refractivity contribution < 1.29 is 13.8 Å². The standard InChI is InChI=1S/C11H19BrO3S/c1-10(2,3)16-15-9(14)11(4,5)6-8(13)7-12/h6-7H2,1-5H3. The van der Waals surface area contributed by atoms with Crippen molar-refractivity contribution in [3.05, 3.63) is 0 Å². The molecular weight excluding hydrogens is 292 g/mol. The lowest BCUT2D eigenvalue weighted by molar-refractivity contribution is -0.145. The quantitative estimate of drug-likeness (QED) is 0.577. The molecule has 0 aromatic carbocycles. The minimum Gasteiger partial charge on any atom is -0.390 e. The number of rotatable bonds is 5. The highest BCUT2D eigenvalue weighted by atomic mass is 79.9. The van der Waals surface area contributed by atoms with E-state index in [-0.39, 0.29) is 28.3 Å². The van der Waals surface area contributed by atoms with E-state index >= 15 is 0 Å². The summed E-state index contributed by atoms with van der Waals surface area (Å²) < 4.78 is 4.99. The van der Waals surface area contributed by atoms with Crippen LogP contribution in [0.25, 0.3) is 0 Å². The van der Waals surface area contributed by atoms with E-state index in [1.54, 1.807) is 13.8 Å². The summed E-state index contributed by atoms with van der Waals surface area (Å²) in [7, 11) is 0. The second-order valence-corrected chi connectivity index (χ2v) is 7.42. The van der Waals surface area contributed by atoms with Crippen LogP contribution in [0.3, 0.4) is 0 Å². The third-order valence-electron chi connectivity index (χ3n) is 1.71.